The van der Waals surface area contributed by atoms with E-state index in [1.807, 2.05) is 24.4 Å². The first-order chi connectivity index (χ1) is 15.5. The number of rotatable bonds is 7. The molecular weight excluding hydrogens is 448 g/mol. The fourth-order valence-electron chi connectivity index (χ4n) is 3.48. The van der Waals surface area contributed by atoms with E-state index in [0.717, 1.165) is 10.6 Å². The van der Waals surface area contributed by atoms with E-state index in [2.05, 4.69) is 9.97 Å². The normalized spacial score (nSPS) is 15.0. The molecule has 2 aromatic heterocycles. The van der Waals surface area contributed by atoms with E-state index >= 15 is 0 Å². The van der Waals surface area contributed by atoms with E-state index in [1.165, 1.54) is 15.6 Å². The second-order valence-electron chi connectivity index (χ2n) is 7.25. The summed E-state index contributed by atoms with van der Waals surface area (Å²) in [4.78, 5) is 23.3. The van der Waals surface area contributed by atoms with E-state index in [-0.39, 0.29) is 30.3 Å². The summed E-state index contributed by atoms with van der Waals surface area (Å²) in [5.74, 6) is 0.585. The highest BCUT2D eigenvalue weighted by atomic mass is 32.2. The number of nitrogens with zero attached hydrogens (tertiary/aromatic N) is 4. The number of hydrogen-bond donors (Lipinski definition) is 0. The Kier molecular flexibility index (Phi) is 6.83. The van der Waals surface area contributed by atoms with E-state index in [1.54, 1.807) is 41.6 Å². The van der Waals surface area contributed by atoms with Crippen molar-refractivity contribution in [2.45, 2.75) is 18.2 Å². The molecule has 0 N–H and O–H groups in total. The summed E-state index contributed by atoms with van der Waals surface area (Å²) in [6.07, 6.45) is 3.65. The van der Waals surface area contributed by atoms with Gasteiger partial charge in [0.1, 0.15) is 10.8 Å². The van der Waals surface area contributed by atoms with Crippen molar-refractivity contribution >= 4 is 27.3 Å². The van der Waals surface area contributed by atoms with Crippen molar-refractivity contribution in [1.29, 1.82) is 0 Å². The predicted octanol–water partition coefficient (Wildman–Crippen LogP) is 2.68. The maximum Gasteiger partial charge on any atom is 0.243 e. The molecule has 0 atom stereocenters. The van der Waals surface area contributed by atoms with Crippen molar-refractivity contribution in [3.63, 3.8) is 0 Å². The maximum atomic E-state index is 12.9. The van der Waals surface area contributed by atoms with Gasteiger partial charge in [0.15, 0.2) is 0 Å². The zero-order chi connectivity index (χ0) is 22.6. The van der Waals surface area contributed by atoms with Crippen LogP contribution in [0, 0.1) is 0 Å². The lowest BCUT2D eigenvalue weighted by Crippen LogP contribution is -2.50. The first-order valence-corrected chi connectivity index (χ1v) is 12.6. The number of carbonyl (C=O) groups excluding carboxylic acids is 1. The van der Waals surface area contributed by atoms with Crippen molar-refractivity contribution in [3.05, 3.63) is 59.9 Å². The number of benzene rings is 1. The third-order valence-electron chi connectivity index (χ3n) is 5.16. The summed E-state index contributed by atoms with van der Waals surface area (Å²) in [6.45, 7) is 3.63. The Hall–Kier alpha value is -2.82. The fourth-order valence-corrected chi connectivity index (χ4v) is 5.71. The Bertz CT molecular complexity index is 1160. The molecule has 8 nitrogen and oxygen atoms in total. The monoisotopic (exact) mass is 472 g/mol. The molecule has 32 heavy (non-hydrogen) atoms. The molecule has 1 aliphatic rings. The molecule has 0 saturated carbocycles. The Morgan fingerprint density at radius 2 is 1.88 bits per heavy atom. The zero-order valence-electron chi connectivity index (χ0n) is 17.7. The van der Waals surface area contributed by atoms with E-state index in [9.17, 15) is 13.2 Å². The number of sulfonamides is 1. The van der Waals surface area contributed by atoms with E-state index in [0.29, 0.717) is 31.1 Å². The highest BCUT2D eigenvalue weighted by molar-refractivity contribution is 7.89. The molecule has 3 aromatic rings. The molecule has 0 aliphatic carbocycles. The minimum atomic E-state index is -3.61. The SMILES string of the molecule is CCOc1ccc(S(=O)(=O)N2CCN(C(=O)Cc3csc(-c4cccnc4)n3)CC2)cc1. The van der Waals surface area contributed by atoms with Crippen LogP contribution in [0.15, 0.2) is 59.1 Å². The Morgan fingerprint density at radius 1 is 1.12 bits per heavy atom. The minimum absolute atomic E-state index is 0.0499. The number of thiazole rings is 1. The van der Waals surface area contributed by atoms with Gasteiger partial charge in [0.25, 0.3) is 0 Å². The van der Waals surface area contributed by atoms with Gasteiger partial charge in [-0.25, -0.2) is 13.4 Å². The highest BCUT2D eigenvalue weighted by Gasteiger charge is 2.30. The fraction of sp³-hybridized carbons (Fsp3) is 0.318. The van der Waals surface area contributed by atoms with Gasteiger partial charge in [0, 0.05) is 49.5 Å². The van der Waals surface area contributed by atoms with Gasteiger partial charge >= 0.3 is 0 Å². The molecule has 0 spiro atoms. The Balaban J connectivity index is 1.34. The quantitative estimate of drug-likeness (QED) is 0.525. The average molecular weight is 473 g/mol. The number of hydrogen-bond acceptors (Lipinski definition) is 7. The molecule has 3 heterocycles. The predicted molar refractivity (Wildman–Crippen MR) is 122 cm³/mol. The number of piperazine rings is 1. The molecule has 1 aliphatic heterocycles. The van der Waals surface area contributed by atoms with Crippen LogP contribution in [0.5, 0.6) is 5.75 Å². The standard InChI is InChI=1S/C22H24N4O4S2/c1-2-30-19-5-7-20(8-6-19)32(28,29)26-12-10-25(11-13-26)21(27)14-18-16-31-22(24-18)17-4-3-9-23-15-17/h3-9,15-16H,2,10-14H2,1H3. The molecule has 0 unspecified atom stereocenters. The largest absolute Gasteiger partial charge is 0.494 e. The Morgan fingerprint density at radius 3 is 2.53 bits per heavy atom. The summed E-state index contributed by atoms with van der Waals surface area (Å²) in [7, 11) is -3.61. The van der Waals surface area contributed by atoms with Crippen LogP contribution in [-0.2, 0) is 21.2 Å². The van der Waals surface area contributed by atoms with Crippen molar-refractivity contribution in [3.8, 4) is 16.3 Å². The van der Waals surface area contributed by atoms with Gasteiger partial charge in [0.05, 0.1) is 23.6 Å². The smallest absolute Gasteiger partial charge is 0.243 e. The Labute approximate surface area is 191 Å². The number of amides is 1. The van der Waals surface area contributed by atoms with Gasteiger partial charge in [-0.3, -0.25) is 9.78 Å². The molecule has 10 heteroatoms. The molecule has 0 radical (unpaired) electrons. The van der Waals surface area contributed by atoms with Crippen molar-refractivity contribution in [1.82, 2.24) is 19.2 Å². The first kappa shape index (κ1) is 22.4. The van der Waals surface area contributed by atoms with Gasteiger partial charge in [0.2, 0.25) is 15.9 Å². The van der Waals surface area contributed by atoms with Crippen LogP contribution in [0.2, 0.25) is 0 Å². The topological polar surface area (TPSA) is 92.7 Å². The third-order valence-corrected chi connectivity index (χ3v) is 8.01. The van der Waals surface area contributed by atoms with Crippen LogP contribution in [0.4, 0.5) is 0 Å². The molecule has 1 aromatic carbocycles. The van der Waals surface area contributed by atoms with Gasteiger partial charge < -0.3 is 9.64 Å². The number of pyridine rings is 1. The zero-order valence-corrected chi connectivity index (χ0v) is 19.3. The third kappa shape index (κ3) is 4.98. The van der Waals surface area contributed by atoms with Crippen LogP contribution in [0.3, 0.4) is 0 Å². The minimum Gasteiger partial charge on any atom is -0.494 e. The second kappa shape index (κ2) is 9.76. The van der Waals surface area contributed by atoms with E-state index in [4.69, 9.17) is 4.74 Å². The van der Waals surface area contributed by atoms with Crippen molar-refractivity contribution < 1.29 is 17.9 Å². The van der Waals surface area contributed by atoms with Gasteiger partial charge in [-0.05, 0) is 43.3 Å². The number of carbonyl (C=O) groups is 1. The number of ether oxygens (including phenoxy) is 1. The van der Waals surface area contributed by atoms with E-state index < -0.39 is 10.0 Å². The lowest BCUT2D eigenvalue weighted by Gasteiger charge is -2.34. The average Bonchev–Trinajstić information content (AvgIpc) is 3.29. The summed E-state index contributed by atoms with van der Waals surface area (Å²) >= 11 is 1.48. The van der Waals surface area contributed by atoms with Crippen molar-refractivity contribution in [2.24, 2.45) is 0 Å². The molecule has 1 saturated heterocycles. The first-order valence-electron chi connectivity index (χ1n) is 10.3. The van der Waals surface area contributed by atoms with Gasteiger partial charge in [-0.1, -0.05) is 0 Å². The molecule has 1 fully saturated rings. The highest BCUT2D eigenvalue weighted by Crippen LogP contribution is 2.24. The van der Waals surface area contributed by atoms with Gasteiger partial charge in [-0.2, -0.15) is 4.31 Å². The van der Waals surface area contributed by atoms with Crippen LogP contribution in [0.25, 0.3) is 10.6 Å². The summed E-state index contributed by atoms with van der Waals surface area (Å²) in [5, 5.41) is 2.71. The molecule has 4 rings (SSSR count). The lowest BCUT2D eigenvalue weighted by atomic mass is 10.2. The summed E-state index contributed by atoms with van der Waals surface area (Å²) < 4.78 is 32.7. The summed E-state index contributed by atoms with van der Waals surface area (Å²) in [6, 6.07) is 10.2. The molecule has 0 bridgehead atoms. The van der Waals surface area contributed by atoms with Crippen LogP contribution >= 0.6 is 11.3 Å². The van der Waals surface area contributed by atoms with Crippen molar-refractivity contribution in [2.75, 3.05) is 32.8 Å². The lowest BCUT2D eigenvalue weighted by molar-refractivity contribution is -0.131. The second-order valence-corrected chi connectivity index (χ2v) is 10.0. The molecule has 1 amide bonds. The molecule has 168 valence electrons. The van der Waals surface area contributed by atoms with Crippen LogP contribution < -0.4 is 4.74 Å². The maximum absolute atomic E-state index is 12.9. The van der Waals surface area contributed by atoms with Crippen LogP contribution in [-0.4, -0.2) is 66.3 Å². The molecular formula is C22H24N4O4S2. The number of aromatic nitrogens is 2. The van der Waals surface area contributed by atoms with Gasteiger partial charge in [-0.15, -0.1) is 11.3 Å². The summed E-state index contributed by atoms with van der Waals surface area (Å²) in [5.41, 5.74) is 1.63. The van der Waals surface area contributed by atoms with Crippen LogP contribution in [0.1, 0.15) is 12.6 Å².